The fourth-order valence-corrected chi connectivity index (χ4v) is 4.95. The van der Waals surface area contributed by atoms with Crippen molar-refractivity contribution < 1.29 is 23.5 Å². The van der Waals surface area contributed by atoms with E-state index in [4.69, 9.17) is 13.9 Å². The summed E-state index contributed by atoms with van der Waals surface area (Å²) in [6.45, 7) is 18.4. The average Bonchev–Trinajstić information content (AvgIpc) is 3.08. The van der Waals surface area contributed by atoms with Gasteiger partial charge in [0.25, 0.3) is 11.8 Å². The second kappa shape index (κ2) is 7.71. The lowest BCUT2D eigenvalue weighted by molar-refractivity contribution is -0.152. The number of nitrogens with zero attached hydrogens (tertiary/aromatic N) is 1. The number of fused-ring (bicyclic) bond motifs is 1. The van der Waals surface area contributed by atoms with E-state index in [9.17, 15) is 9.59 Å². The first-order valence-electron chi connectivity index (χ1n) is 10.4. The molecule has 0 unspecified atom stereocenters. The summed E-state index contributed by atoms with van der Waals surface area (Å²) in [6, 6.07) is 6.90. The van der Waals surface area contributed by atoms with E-state index in [0.717, 1.165) is 0 Å². The van der Waals surface area contributed by atoms with E-state index in [-0.39, 0.29) is 23.4 Å². The van der Waals surface area contributed by atoms with E-state index in [1.54, 1.807) is 30.3 Å². The topological polar surface area (TPSA) is 65.1 Å². The molecule has 0 radical (unpaired) electrons. The number of rotatable bonds is 6. The van der Waals surface area contributed by atoms with Crippen LogP contribution in [0.4, 0.5) is 0 Å². The Hall–Kier alpha value is -1.80. The molecular weight excluding hydrogens is 398 g/mol. The maximum atomic E-state index is 13.0. The highest BCUT2D eigenvalue weighted by Crippen LogP contribution is 2.40. The van der Waals surface area contributed by atoms with Gasteiger partial charge >= 0.3 is 0 Å². The first-order chi connectivity index (χ1) is 13.8. The number of carbonyl (C=O) groups excluding carboxylic acids is 2. The largest absolute Gasteiger partial charge is 0.409 e. The second-order valence-corrected chi connectivity index (χ2v) is 14.7. The highest BCUT2D eigenvalue weighted by atomic mass is 28.4. The molecule has 1 aromatic rings. The lowest BCUT2D eigenvalue weighted by Gasteiger charge is -2.41. The maximum Gasteiger partial charge on any atom is 0.261 e. The molecule has 3 rings (SSSR count). The Morgan fingerprint density at radius 3 is 2.17 bits per heavy atom. The Morgan fingerprint density at radius 1 is 1.17 bits per heavy atom. The van der Waals surface area contributed by atoms with Crippen LogP contribution in [0.2, 0.25) is 18.1 Å². The van der Waals surface area contributed by atoms with E-state index < -0.39 is 32.4 Å². The molecule has 0 bridgehead atoms. The van der Waals surface area contributed by atoms with Crippen molar-refractivity contribution in [3.8, 4) is 0 Å². The minimum Gasteiger partial charge on any atom is -0.409 e. The first-order valence-corrected chi connectivity index (χ1v) is 13.3. The Kier molecular flexibility index (Phi) is 5.88. The third-order valence-corrected chi connectivity index (χ3v) is 10.8. The van der Waals surface area contributed by atoms with Crippen molar-refractivity contribution in [2.24, 2.45) is 0 Å². The van der Waals surface area contributed by atoms with Gasteiger partial charge in [0, 0.05) is 0 Å². The smallest absolute Gasteiger partial charge is 0.261 e. The molecular formula is C23H33NO5Si. The third-order valence-electron chi connectivity index (χ3n) is 6.26. The number of hydrogen-bond donors (Lipinski definition) is 0. The molecule has 0 N–H and O–H groups in total. The minimum atomic E-state index is -2.24. The Labute approximate surface area is 180 Å². The minimum absolute atomic E-state index is 0.0497. The highest BCUT2D eigenvalue weighted by molar-refractivity contribution is 6.74. The monoisotopic (exact) mass is 431 g/mol. The molecule has 7 heteroatoms. The number of imide groups is 1. The summed E-state index contributed by atoms with van der Waals surface area (Å²) in [4.78, 5) is 27.2. The summed E-state index contributed by atoms with van der Waals surface area (Å²) >= 11 is 0. The van der Waals surface area contributed by atoms with Crippen molar-refractivity contribution in [3.05, 3.63) is 48.0 Å². The number of ether oxygens (including phenoxy) is 2. The van der Waals surface area contributed by atoms with Gasteiger partial charge in [-0.2, -0.15) is 0 Å². The van der Waals surface area contributed by atoms with Crippen LogP contribution in [0.3, 0.4) is 0 Å². The zero-order valence-electron chi connectivity index (χ0n) is 19.0. The van der Waals surface area contributed by atoms with Gasteiger partial charge in [0.1, 0.15) is 12.2 Å². The zero-order valence-corrected chi connectivity index (χ0v) is 20.0. The molecule has 0 aliphatic carbocycles. The molecule has 1 fully saturated rings. The van der Waals surface area contributed by atoms with Crippen LogP contribution in [0.1, 0.15) is 55.3 Å². The molecule has 2 amide bonds. The summed E-state index contributed by atoms with van der Waals surface area (Å²) in [5.74, 6) is -1.40. The van der Waals surface area contributed by atoms with Gasteiger partial charge in [0.2, 0.25) is 0 Å². The zero-order chi connectivity index (χ0) is 22.5. The predicted molar refractivity (Wildman–Crippen MR) is 118 cm³/mol. The van der Waals surface area contributed by atoms with Crippen LogP contribution in [0, 0.1) is 0 Å². The fraction of sp³-hybridized carbons (Fsp3) is 0.565. The van der Waals surface area contributed by atoms with Gasteiger partial charge in [-0.1, -0.05) is 39.0 Å². The van der Waals surface area contributed by atoms with Crippen LogP contribution < -0.4 is 0 Å². The van der Waals surface area contributed by atoms with Crippen LogP contribution >= 0.6 is 0 Å². The number of carbonyl (C=O) groups is 2. The van der Waals surface area contributed by atoms with Gasteiger partial charge in [-0.15, -0.1) is 6.58 Å². The van der Waals surface area contributed by atoms with Gasteiger partial charge in [0.05, 0.1) is 23.8 Å². The van der Waals surface area contributed by atoms with Gasteiger partial charge in [-0.05, 0) is 44.1 Å². The molecule has 1 aromatic carbocycles. The standard InChI is InChI=1S/C23H33NO5Si/c1-9-17-19(28-23(5,6)27-17)18(29-30(7,8)22(2,3)4)14-24-20(25)15-12-10-11-13-16(15)21(24)26/h9-13,17-19H,1,14H2,2-8H3/t17-,18-,19-/m1/s1. The lowest BCUT2D eigenvalue weighted by Crippen LogP contribution is -2.53. The van der Waals surface area contributed by atoms with E-state index >= 15 is 0 Å². The fourth-order valence-electron chi connectivity index (χ4n) is 3.64. The van der Waals surface area contributed by atoms with E-state index in [0.29, 0.717) is 11.1 Å². The summed E-state index contributed by atoms with van der Waals surface area (Å²) in [7, 11) is -2.24. The summed E-state index contributed by atoms with van der Waals surface area (Å²) in [6.07, 6.45) is 0.294. The summed E-state index contributed by atoms with van der Waals surface area (Å²) in [5, 5.41) is -0.0497. The van der Waals surface area contributed by atoms with Crippen molar-refractivity contribution in [1.29, 1.82) is 0 Å². The molecule has 0 aromatic heterocycles. The van der Waals surface area contributed by atoms with Crippen LogP contribution in [0.15, 0.2) is 36.9 Å². The Balaban J connectivity index is 1.94. The molecule has 0 saturated carbocycles. The molecule has 2 heterocycles. The van der Waals surface area contributed by atoms with E-state index in [1.165, 1.54) is 4.90 Å². The Morgan fingerprint density at radius 2 is 1.70 bits per heavy atom. The summed E-state index contributed by atoms with van der Waals surface area (Å²) < 4.78 is 18.9. The lowest BCUT2D eigenvalue weighted by atomic mass is 10.1. The van der Waals surface area contributed by atoms with Crippen molar-refractivity contribution in [1.82, 2.24) is 4.90 Å². The normalized spacial score (nSPS) is 24.8. The molecule has 164 valence electrons. The molecule has 0 spiro atoms. The molecule has 2 aliphatic rings. The van der Waals surface area contributed by atoms with Crippen LogP contribution in [0.25, 0.3) is 0 Å². The average molecular weight is 432 g/mol. The predicted octanol–water partition coefficient (Wildman–Crippen LogP) is 4.38. The molecule has 6 nitrogen and oxygen atoms in total. The van der Waals surface area contributed by atoms with Gasteiger partial charge in [-0.3, -0.25) is 14.5 Å². The molecule has 2 aliphatic heterocycles. The van der Waals surface area contributed by atoms with Crippen LogP contribution in [-0.4, -0.2) is 55.7 Å². The number of benzene rings is 1. The summed E-state index contributed by atoms with van der Waals surface area (Å²) in [5.41, 5.74) is 0.857. The quantitative estimate of drug-likeness (QED) is 0.380. The van der Waals surface area contributed by atoms with Crippen molar-refractivity contribution in [3.63, 3.8) is 0 Å². The third kappa shape index (κ3) is 4.16. The number of hydrogen-bond acceptors (Lipinski definition) is 5. The Bertz CT molecular complexity index is 822. The van der Waals surface area contributed by atoms with Gasteiger partial charge in [-0.25, -0.2) is 0 Å². The van der Waals surface area contributed by atoms with Gasteiger partial charge < -0.3 is 13.9 Å². The first kappa shape index (κ1) is 22.9. The highest BCUT2D eigenvalue weighted by Gasteiger charge is 2.50. The van der Waals surface area contributed by atoms with Crippen LogP contribution in [0.5, 0.6) is 0 Å². The molecule has 3 atom stereocenters. The molecule has 30 heavy (non-hydrogen) atoms. The van der Waals surface area contributed by atoms with E-state index in [2.05, 4.69) is 40.4 Å². The van der Waals surface area contributed by atoms with Crippen molar-refractivity contribution in [2.75, 3.05) is 6.54 Å². The SMILES string of the molecule is C=C[C@H]1OC(C)(C)O[C@H]1[C@@H](CN1C(=O)c2ccccc2C1=O)O[Si](C)(C)C(C)(C)C. The van der Waals surface area contributed by atoms with Crippen molar-refractivity contribution >= 4 is 20.1 Å². The molecule has 1 saturated heterocycles. The number of amides is 2. The van der Waals surface area contributed by atoms with Crippen molar-refractivity contribution in [2.45, 2.75) is 76.8 Å². The second-order valence-electron chi connectivity index (χ2n) is 9.98. The van der Waals surface area contributed by atoms with Gasteiger partial charge in [0.15, 0.2) is 14.1 Å². The van der Waals surface area contributed by atoms with Crippen LogP contribution in [-0.2, 0) is 13.9 Å². The maximum absolute atomic E-state index is 13.0. The van der Waals surface area contributed by atoms with E-state index in [1.807, 2.05) is 13.8 Å².